The molecule has 0 radical (unpaired) electrons. The Hall–Kier alpha value is -2.01. The van der Waals surface area contributed by atoms with Crippen LogP contribution < -0.4 is 4.90 Å². The van der Waals surface area contributed by atoms with Crippen molar-refractivity contribution in [2.75, 3.05) is 24.5 Å². The van der Waals surface area contributed by atoms with Gasteiger partial charge in [-0.2, -0.15) is 18.0 Å². The van der Waals surface area contributed by atoms with Gasteiger partial charge in [0, 0.05) is 13.1 Å². The Morgan fingerprint density at radius 2 is 2.13 bits per heavy atom. The Morgan fingerprint density at radius 3 is 2.78 bits per heavy atom. The highest BCUT2D eigenvalue weighted by Gasteiger charge is 2.30. The maximum Gasteiger partial charge on any atom is 0.409 e. The SMILES string of the molecule is O=C1CN(Cc2nnn(CC(F)(F)F)n2)CCN1c1cccs1. The van der Waals surface area contributed by atoms with Gasteiger partial charge in [0.2, 0.25) is 5.91 Å². The van der Waals surface area contributed by atoms with E-state index >= 15 is 0 Å². The van der Waals surface area contributed by atoms with E-state index in [2.05, 4.69) is 15.4 Å². The van der Waals surface area contributed by atoms with Gasteiger partial charge in [-0.15, -0.1) is 21.5 Å². The van der Waals surface area contributed by atoms with Crippen LogP contribution in [0.2, 0.25) is 0 Å². The van der Waals surface area contributed by atoms with Crippen LogP contribution in [0.15, 0.2) is 17.5 Å². The Kier molecular flexibility index (Phi) is 4.31. The predicted molar refractivity (Wildman–Crippen MR) is 75.8 cm³/mol. The molecule has 0 aliphatic carbocycles. The molecule has 1 aliphatic heterocycles. The van der Waals surface area contributed by atoms with Crippen LogP contribution >= 0.6 is 11.3 Å². The Balaban J connectivity index is 1.57. The molecule has 0 spiro atoms. The van der Waals surface area contributed by atoms with Crippen LogP contribution in [0.5, 0.6) is 0 Å². The second-order valence-electron chi connectivity index (χ2n) is 5.06. The van der Waals surface area contributed by atoms with Crippen molar-refractivity contribution < 1.29 is 18.0 Å². The van der Waals surface area contributed by atoms with Crippen molar-refractivity contribution in [1.29, 1.82) is 0 Å². The molecule has 1 amide bonds. The molecule has 0 N–H and O–H groups in total. The largest absolute Gasteiger partial charge is 0.409 e. The molecule has 0 unspecified atom stereocenters. The van der Waals surface area contributed by atoms with Crippen LogP contribution in [-0.4, -0.2) is 56.8 Å². The van der Waals surface area contributed by atoms with Crippen molar-refractivity contribution in [3.05, 3.63) is 23.3 Å². The fraction of sp³-hybridized carbons (Fsp3) is 0.500. The van der Waals surface area contributed by atoms with Crippen LogP contribution in [0, 0.1) is 0 Å². The van der Waals surface area contributed by atoms with Gasteiger partial charge < -0.3 is 4.90 Å². The van der Waals surface area contributed by atoms with Crippen molar-refractivity contribution in [3.63, 3.8) is 0 Å². The van der Waals surface area contributed by atoms with Gasteiger partial charge in [0.15, 0.2) is 12.4 Å². The monoisotopic (exact) mass is 346 g/mol. The van der Waals surface area contributed by atoms with Gasteiger partial charge in [0.05, 0.1) is 18.1 Å². The Bertz CT molecular complexity index is 671. The van der Waals surface area contributed by atoms with Crippen LogP contribution in [0.25, 0.3) is 0 Å². The standard InChI is InChI=1S/C12H13F3N6OS/c13-12(14,15)8-21-17-9(16-18-21)6-19-3-4-20(10(22)7-19)11-2-1-5-23-11/h1-2,5H,3-4,6-8H2. The molecule has 23 heavy (non-hydrogen) atoms. The molecule has 11 heteroatoms. The number of hydrogen-bond acceptors (Lipinski definition) is 6. The molecule has 7 nitrogen and oxygen atoms in total. The molecule has 0 bridgehead atoms. The summed E-state index contributed by atoms with van der Waals surface area (Å²) in [5.74, 6) is 0.119. The van der Waals surface area contributed by atoms with Crippen molar-refractivity contribution in [1.82, 2.24) is 25.1 Å². The highest BCUT2D eigenvalue weighted by Crippen LogP contribution is 2.23. The lowest BCUT2D eigenvalue weighted by atomic mass is 10.3. The lowest BCUT2D eigenvalue weighted by Gasteiger charge is -2.32. The van der Waals surface area contributed by atoms with Crippen molar-refractivity contribution >= 4 is 22.2 Å². The van der Waals surface area contributed by atoms with Gasteiger partial charge in [0.1, 0.15) is 0 Å². The van der Waals surface area contributed by atoms with E-state index in [-0.39, 0.29) is 24.8 Å². The van der Waals surface area contributed by atoms with Crippen LogP contribution in [0.1, 0.15) is 5.82 Å². The lowest BCUT2D eigenvalue weighted by molar-refractivity contribution is -0.145. The smallest absolute Gasteiger partial charge is 0.301 e. The first-order valence-corrected chi connectivity index (χ1v) is 7.68. The third kappa shape index (κ3) is 4.05. The summed E-state index contributed by atoms with van der Waals surface area (Å²) in [4.78, 5) is 16.2. The first-order valence-electron chi connectivity index (χ1n) is 6.80. The van der Waals surface area contributed by atoms with E-state index in [1.165, 1.54) is 11.3 Å². The van der Waals surface area contributed by atoms with Gasteiger partial charge >= 0.3 is 6.18 Å². The van der Waals surface area contributed by atoms with Crippen molar-refractivity contribution in [2.45, 2.75) is 19.3 Å². The fourth-order valence-corrected chi connectivity index (χ4v) is 3.05. The molecule has 0 atom stereocenters. The number of piperazine rings is 1. The molecular formula is C12H13F3N6OS. The number of tetrazole rings is 1. The zero-order valence-corrected chi connectivity index (χ0v) is 12.7. The van der Waals surface area contributed by atoms with Gasteiger partial charge in [-0.3, -0.25) is 9.69 Å². The number of alkyl halides is 3. The quantitative estimate of drug-likeness (QED) is 0.831. The fourth-order valence-electron chi connectivity index (χ4n) is 2.28. The molecule has 1 aliphatic rings. The maximum atomic E-state index is 12.2. The molecule has 3 rings (SSSR count). The molecule has 124 valence electrons. The number of amides is 1. The van der Waals surface area contributed by atoms with E-state index in [1.807, 2.05) is 17.5 Å². The number of carbonyl (C=O) groups is 1. The lowest BCUT2D eigenvalue weighted by Crippen LogP contribution is -2.49. The Morgan fingerprint density at radius 1 is 1.30 bits per heavy atom. The van der Waals surface area contributed by atoms with E-state index in [4.69, 9.17) is 0 Å². The summed E-state index contributed by atoms with van der Waals surface area (Å²) >= 11 is 1.49. The minimum atomic E-state index is -4.39. The van der Waals surface area contributed by atoms with Crippen LogP contribution in [0.4, 0.5) is 18.2 Å². The predicted octanol–water partition coefficient (Wildman–Crippen LogP) is 1.15. The Labute approximate surface area is 133 Å². The molecule has 1 fully saturated rings. The van der Waals surface area contributed by atoms with Gasteiger partial charge in [-0.25, -0.2) is 0 Å². The summed E-state index contributed by atoms with van der Waals surface area (Å²) in [7, 11) is 0. The molecule has 3 heterocycles. The van der Waals surface area contributed by atoms with Gasteiger partial charge in [-0.05, 0) is 22.7 Å². The highest BCUT2D eigenvalue weighted by molar-refractivity contribution is 7.14. The van der Waals surface area contributed by atoms with Crippen LogP contribution in [0.3, 0.4) is 0 Å². The topological polar surface area (TPSA) is 67.2 Å². The first-order chi connectivity index (χ1) is 10.9. The molecule has 2 aromatic heterocycles. The summed E-state index contributed by atoms with van der Waals surface area (Å²) in [5.41, 5.74) is 0. The van der Waals surface area contributed by atoms with Crippen molar-refractivity contribution in [3.8, 4) is 0 Å². The number of hydrogen-bond donors (Lipinski definition) is 0. The van der Waals surface area contributed by atoms with Gasteiger partial charge in [-0.1, -0.05) is 0 Å². The minimum Gasteiger partial charge on any atom is -0.301 e. The van der Waals surface area contributed by atoms with Gasteiger partial charge in [0.25, 0.3) is 0 Å². The average molecular weight is 346 g/mol. The van der Waals surface area contributed by atoms with E-state index in [9.17, 15) is 18.0 Å². The molecule has 1 saturated heterocycles. The number of aromatic nitrogens is 4. The zero-order valence-electron chi connectivity index (χ0n) is 11.9. The van der Waals surface area contributed by atoms with Crippen LogP contribution in [-0.2, 0) is 17.9 Å². The summed E-state index contributed by atoms with van der Waals surface area (Å²) < 4.78 is 36.7. The molecular weight excluding hydrogens is 333 g/mol. The number of thiophene rings is 1. The molecule has 0 saturated carbocycles. The second kappa shape index (κ2) is 6.24. The summed E-state index contributed by atoms with van der Waals surface area (Å²) in [6, 6.07) is 3.76. The summed E-state index contributed by atoms with van der Waals surface area (Å²) in [6.07, 6.45) is -4.39. The molecule has 2 aromatic rings. The zero-order chi connectivity index (χ0) is 16.4. The average Bonchev–Trinajstić information content (AvgIpc) is 3.09. The maximum absolute atomic E-state index is 12.2. The third-order valence-corrected chi connectivity index (χ3v) is 4.14. The van der Waals surface area contributed by atoms with E-state index in [0.29, 0.717) is 17.9 Å². The number of halogens is 3. The minimum absolute atomic E-state index is 0.0543. The van der Waals surface area contributed by atoms with E-state index in [0.717, 1.165) is 5.00 Å². The summed E-state index contributed by atoms with van der Waals surface area (Å²) in [6.45, 7) is 0.214. The highest BCUT2D eigenvalue weighted by atomic mass is 32.1. The van der Waals surface area contributed by atoms with Crippen molar-refractivity contribution in [2.24, 2.45) is 0 Å². The summed E-state index contributed by atoms with van der Waals surface area (Å²) in [5, 5.41) is 13.5. The van der Waals surface area contributed by atoms with E-state index in [1.54, 1.807) is 9.80 Å². The van der Waals surface area contributed by atoms with E-state index < -0.39 is 12.7 Å². The molecule has 0 aromatic carbocycles. The number of rotatable bonds is 4. The number of nitrogens with zero attached hydrogens (tertiary/aromatic N) is 6. The second-order valence-corrected chi connectivity index (χ2v) is 5.98. The number of carbonyl (C=O) groups excluding carboxylic acids is 1. The third-order valence-electron chi connectivity index (χ3n) is 3.25. The number of anilines is 1. The normalized spacial score (nSPS) is 17.0. The first kappa shape index (κ1) is 15.9.